The topological polar surface area (TPSA) is 107 Å². The van der Waals surface area contributed by atoms with Gasteiger partial charge in [-0.2, -0.15) is 0 Å². The van der Waals surface area contributed by atoms with Gasteiger partial charge in [0.15, 0.2) is 18.0 Å². The van der Waals surface area contributed by atoms with Crippen LogP contribution in [0.1, 0.15) is 76.6 Å². The number of carbonyl (C=O) groups excluding carboxylic acids is 4. The molecule has 0 amide bonds. The van der Waals surface area contributed by atoms with Crippen molar-refractivity contribution >= 4 is 35.1 Å². The molecular formula is C33H39ClO7. The van der Waals surface area contributed by atoms with Gasteiger partial charge >= 0.3 is 11.9 Å². The average molecular weight is 583 g/mol. The summed E-state index contributed by atoms with van der Waals surface area (Å²) in [4.78, 5) is 51.2. The van der Waals surface area contributed by atoms with Crippen molar-refractivity contribution in [3.8, 4) is 0 Å². The minimum atomic E-state index is -1.60. The molecule has 1 aromatic carbocycles. The number of esters is 2. The van der Waals surface area contributed by atoms with Gasteiger partial charge in [-0.25, -0.2) is 4.79 Å². The number of aliphatic hydroxyl groups excluding tert-OH is 1. The molecule has 1 N–H and O–H groups in total. The van der Waals surface area contributed by atoms with Gasteiger partial charge in [-0.1, -0.05) is 57.5 Å². The number of benzene rings is 1. The summed E-state index contributed by atoms with van der Waals surface area (Å²) >= 11 is 7.55. The lowest BCUT2D eigenvalue weighted by molar-refractivity contribution is -0.203. The summed E-state index contributed by atoms with van der Waals surface area (Å²) < 4.78 is 11.7. The molecule has 3 saturated carbocycles. The molecule has 4 aliphatic rings. The van der Waals surface area contributed by atoms with E-state index in [1.165, 1.54) is 6.08 Å². The Morgan fingerprint density at radius 2 is 1.83 bits per heavy atom. The van der Waals surface area contributed by atoms with E-state index in [1.807, 2.05) is 33.8 Å². The minimum Gasteiger partial charge on any atom is -0.454 e. The first-order valence-corrected chi connectivity index (χ1v) is 15.0. The molecule has 0 bridgehead atoms. The van der Waals surface area contributed by atoms with Gasteiger partial charge in [0.2, 0.25) is 5.78 Å². The Labute approximate surface area is 246 Å². The third-order valence-electron chi connectivity index (χ3n) is 10.7. The van der Waals surface area contributed by atoms with E-state index in [-0.39, 0.29) is 30.5 Å². The van der Waals surface area contributed by atoms with Crippen LogP contribution in [-0.2, 0) is 23.9 Å². The zero-order chi connectivity index (χ0) is 29.8. The highest BCUT2D eigenvalue weighted by Crippen LogP contribution is 2.72. The van der Waals surface area contributed by atoms with Crippen molar-refractivity contribution in [3.05, 3.63) is 59.7 Å². The number of hydrogen-bond donors (Lipinski definition) is 1. The number of ketones is 2. The van der Waals surface area contributed by atoms with Crippen molar-refractivity contribution in [1.29, 1.82) is 0 Å². The van der Waals surface area contributed by atoms with Gasteiger partial charge in [-0.05, 0) is 68.2 Å². The lowest BCUT2D eigenvalue weighted by atomic mass is 9.45. The van der Waals surface area contributed by atoms with Gasteiger partial charge in [-0.3, -0.25) is 14.4 Å². The number of fused-ring (bicyclic) bond motifs is 5. The molecule has 220 valence electrons. The van der Waals surface area contributed by atoms with Crippen LogP contribution in [-0.4, -0.2) is 51.8 Å². The third-order valence-corrected chi connectivity index (χ3v) is 11.6. The second-order valence-electron chi connectivity index (χ2n) is 12.7. The number of hydrogen-bond acceptors (Lipinski definition) is 7. The average Bonchev–Trinajstić information content (AvgIpc) is 3.15. The van der Waals surface area contributed by atoms with E-state index in [1.54, 1.807) is 36.4 Å². The van der Waals surface area contributed by atoms with Crippen molar-refractivity contribution in [1.82, 2.24) is 0 Å². The van der Waals surface area contributed by atoms with Crippen molar-refractivity contribution in [2.45, 2.75) is 82.8 Å². The molecule has 4 aliphatic carbocycles. The predicted molar refractivity (Wildman–Crippen MR) is 153 cm³/mol. The van der Waals surface area contributed by atoms with E-state index in [0.717, 1.165) is 5.57 Å². The van der Waals surface area contributed by atoms with Crippen molar-refractivity contribution in [2.75, 3.05) is 6.61 Å². The normalized spacial score (nSPS) is 39.2. The second-order valence-corrected chi connectivity index (χ2v) is 13.4. The van der Waals surface area contributed by atoms with Crippen LogP contribution >= 0.6 is 11.6 Å². The zero-order valence-corrected chi connectivity index (χ0v) is 24.9. The number of halogens is 1. The van der Waals surface area contributed by atoms with Crippen LogP contribution in [0.4, 0.5) is 0 Å². The molecule has 8 atom stereocenters. The molecule has 0 saturated heterocycles. The number of carbonyl (C=O) groups is 4. The molecule has 1 aromatic rings. The van der Waals surface area contributed by atoms with E-state index in [2.05, 4.69) is 0 Å². The van der Waals surface area contributed by atoms with E-state index < -0.39 is 57.7 Å². The van der Waals surface area contributed by atoms with E-state index >= 15 is 0 Å². The Morgan fingerprint density at radius 3 is 2.51 bits per heavy atom. The maximum absolute atomic E-state index is 14.3. The molecule has 5 rings (SSSR count). The van der Waals surface area contributed by atoms with Crippen LogP contribution < -0.4 is 0 Å². The summed E-state index contributed by atoms with van der Waals surface area (Å²) in [6.45, 7) is 7.11. The largest absolute Gasteiger partial charge is 0.454 e. The number of allylic oxidation sites excluding steroid dienone is 4. The van der Waals surface area contributed by atoms with Crippen LogP contribution in [0.15, 0.2) is 54.1 Å². The number of rotatable bonds is 7. The first kappa shape index (κ1) is 29.7. The van der Waals surface area contributed by atoms with Gasteiger partial charge in [-0.15, -0.1) is 11.6 Å². The maximum Gasteiger partial charge on any atom is 0.338 e. The quantitative estimate of drug-likeness (QED) is 0.340. The fourth-order valence-electron chi connectivity index (χ4n) is 8.73. The summed E-state index contributed by atoms with van der Waals surface area (Å²) in [6.07, 6.45) is 6.57. The Balaban J connectivity index is 1.53. The lowest BCUT2D eigenvalue weighted by Gasteiger charge is -2.64. The van der Waals surface area contributed by atoms with Gasteiger partial charge in [0.05, 0.1) is 16.5 Å². The van der Waals surface area contributed by atoms with Crippen molar-refractivity contribution in [3.63, 3.8) is 0 Å². The Hall–Kier alpha value is -2.77. The van der Waals surface area contributed by atoms with Crippen LogP contribution in [0.25, 0.3) is 0 Å². The summed E-state index contributed by atoms with van der Waals surface area (Å²) in [6, 6.07) is 8.42. The molecular weight excluding hydrogens is 544 g/mol. The molecule has 3 fully saturated rings. The number of ether oxygens (including phenoxy) is 2. The maximum atomic E-state index is 14.3. The van der Waals surface area contributed by atoms with Crippen molar-refractivity contribution in [2.24, 2.45) is 28.6 Å². The summed E-state index contributed by atoms with van der Waals surface area (Å²) in [5.74, 6) is -2.47. The monoisotopic (exact) mass is 582 g/mol. The number of aliphatic hydroxyl groups is 1. The lowest BCUT2D eigenvalue weighted by Crippen LogP contribution is -2.69. The van der Waals surface area contributed by atoms with Crippen LogP contribution in [0.5, 0.6) is 0 Å². The Bertz CT molecular complexity index is 1320. The second kappa shape index (κ2) is 10.5. The summed E-state index contributed by atoms with van der Waals surface area (Å²) in [5, 5.41) is 11.9. The van der Waals surface area contributed by atoms with Crippen molar-refractivity contribution < 1.29 is 33.8 Å². The molecule has 0 heterocycles. The molecule has 41 heavy (non-hydrogen) atoms. The summed E-state index contributed by atoms with van der Waals surface area (Å²) in [5.41, 5.74) is -2.07. The molecule has 8 heteroatoms. The highest BCUT2D eigenvalue weighted by molar-refractivity contribution is 6.26. The fraction of sp³-hybridized carbons (Fsp3) is 0.576. The predicted octanol–water partition coefficient (Wildman–Crippen LogP) is 5.38. The molecule has 0 spiro atoms. The fourth-order valence-corrected chi connectivity index (χ4v) is 9.25. The molecule has 0 aliphatic heterocycles. The minimum absolute atomic E-state index is 0.0849. The standard InChI is InChI=1S/C33H39ClO7/c1-5-9-28(38)41-33(27(37)19-40-29(39)21-10-7-6-8-11-21)20(2)16-25-24-13-12-22-17-23(35)14-15-30(22,3)32(24,34)26(36)18-31(25,33)4/h6-8,10-11,14-15,17,20,24-26,36H,5,9,12-13,16,18-19H2,1-4H3/t20-,24+,25+,26+,30+,31+,32+,33-/m1/s1. The first-order valence-electron chi connectivity index (χ1n) is 14.6. The first-order chi connectivity index (χ1) is 19.3. The van der Waals surface area contributed by atoms with Gasteiger partial charge in [0, 0.05) is 23.2 Å². The van der Waals surface area contributed by atoms with E-state index in [9.17, 15) is 24.3 Å². The summed E-state index contributed by atoms with van der Waals surface area (Å²) in [7, 11) is 0. The van der Waals surface area contributed by atoms with Crippen LogP contribution in [0.3, 0.4) is 0 Å². The molecule has 0 unspecified atom stereocenters. The molecule has 7 nitrogen and oxygen atoms in total. The van der Waals surface area contributed by atoms with Crippen LogP contribution in [0.2, 0.25) is 0 Å². The highest BCUT2D eigenvalue weighted by atomic mass is 35.5. The SMILES string of the molecule is CCCC(=O)O[C@@]1(C(=O)COC(=O)c2ccccc2)[C@H](C)C[C@H]2[C@@H]3CCC4=CC(=O)C=C[C@]4(C)[C@@]3(Cl)[C@@H](O)C[C@@]21C. The van der Waals surface area contributed by atoms with Gasteiger partial charge in [0.1, 0.15) is 0 Å². The third kappa shape index (κ3) is 4.25. The molecule has 0 radical (unpaired) electrons. The highest BCUT2D eigenvalue weighted by Gasteiger charge is 2.76. The smallest absolute Gasteiger partial charge is 0.338 e. The van der Waals surface area contributed by atoms with E-state index in [4.69, 9.17) is 21.1 Å². The number of alkyl halides is 1. The van der Waals surface area contributed by atoms with E-state index in [0.29, 0.717) is 31.2 Å². The Morgan fingerprint density at radius 1 is 1.12 bits per heavy atom. The molecule has 0 aromatic heterocycles. The Kier molecular flexibility index (Phi) is 7.61. The zero-order valence-electron chi connectivity index (χ0n) is 24.2. The van der Waals surface area contributed by atoms with Gasteiger partial charge < -0.3 is 14.6 Å². The number of Topliss-reactive ketones (excluding diaryl/α,β-unsaturated/α-hetero) is 1. The van der Waals surface area contributed by atoms with Crippen LogP contribution in [0, 0.1) is 28.6 Å². The van der Waals surface area contributed by atoms with Gasteiger partial charge in [0.25, 0.3) is 0 Å².